The summed E-state index contributed by atoms with van der Waals surface area (Å²) in [6.07, 6.45) is 0. The van der Waals surface area contributed by atoms with Gasteiger partial charge in [0.1, 0.15) is 0 Å². The number of nitrogens with zero attached hydrogens (tertiary/aromatic N) is 2. The third-order valence-corrected chi connectivity index (χ3v) is 10.9. The van der Waals surface area contributed by atoms with Gasteiger partial charge in [-0.1, -0.05) is 133 Å². The first-order valence-corrected chi connectivity index (χ1v) is 17.1. The molecule has 0 saturated heterocycles. The summed E-state index contributed by atoms with van der Waals surface area (Å²) in [5, 5.41) is 6.30. The number of aromatic nitrogens is 2. The van der Waals surface area contributed by atoms with Gasteiger partial charge in [-0.3, -0.25) is 0 Å². The lowest BCUT2D eigenvalue weighted by molar-refractivity contribution is 1.18. The zero-order valence-electron chi connectivity index (χ0n) is 26.0. The van der Waals surface area contributed by atoms with Gasteiger partial charge in [-0.25, -0.2) is 4.98 Å². The van der Waals surface area contributed by atoms with Crippen LogP contribution in [0.25, 0.3) is 92.1 Å². The summed E-state index contributed by atoms with van der Waals surface area (Å²) >= 11 is 1.89. The molecule has 0 fully saturated rings. The van der Waals surface area contributed by atoms with Crippen molar-refractivity contribution >= 4 is 64.2 Å². The van der Waals surface area contributed by atoms with Crippen LogP contribution in [0.5, 0.6) is 0 Å². The maximum atomic E-state index is 5.24. The van der Waals surface area contributed by atoms with Crippen LogP contribution in [0, 0.1) is 0 Å². The minimum absolute atomic E-state index is 1.00. The van der Waals surface area contributed by atoms with Crippen molar-refractivity contribution in [2.75, 3.05) is 0 Å². The standard InChI is InChI=1S/C45H28N2S/c1-3-13-29(14-4-1)31-17-11-18-32(27-31)47-41-24-10-8-20-37(41)43-42(47)26-25-35-34-21-12-22-36(44(34)48-45(35)43)40-28-38(30-15-5-2-6-16-30)33-19-7-9-23-39(33)46-40/h1-28H. The van der Waals surface area contributed by atoms with E-state index in [1.807, 2.05) is 11.3 Å². The Morgan fingerprint density at radius 3 is 1.94 bits per heavy atom. The molecule has 0 aliphatic heterocycles. The summed E-state index contributed by atoms with van der Waals surface area (Å²) in [7, 11) is 0. The smallest absolute Gasteiger partial charge is 0.0730 e. The van der Waals surface area contributed by atoms with Gasteiger partial charge in [0.15, 0.2) is 0 Å². The predicted octanol–water partition coefficient (Wildman–Crippen LogP) is 12.7. The molecule has 0 aliphatic rings. The van der Waals surface area contributed by atoms with E-state index in [1.165, 1.54) is 75.2 Å². The molecule has 3 heteroatoms. The average Bonchev–Trinajstić information content (AvgIpc) is 3.71. The van der Waals surface area contributed by atoms with Crippen molar-refractivity contribution < 1.29 is 0 Å². The SMILES string of the molecule is c1ccc(-c2cccc(-n3c4ccccc4c4c5sc6c(-c7cc(-c8ccccc8)c8ccccc8n7)cccc6c5ccc43)c2)cc1. The Hall–Kier alpha value is -6.03. The van der Waals surface area contributed by atoms with Crippen LogP contribution in [0.3, 0.4) is 0 Å². The lowest BCUT2D eigenvalue weighted by Gasteiger charge is -2.11. The van der Waals surface area contributed by atoms with Crippen LogP contribution in [0.2, 0.25) is 0 Å². The normalized spacial score (nSPS) is 11.8. The van der Waals surface area contributed by atoms with Gasteiger partial charge in [0.2, 0.25) is 0 Å². The van der Waals surface area contributed by atoms with E-state index in [0.717, 1.165) is 16.9 Å². The molecule has 3 heterocycles. The molecule has 48 heavy (non-hydrogen) atoms. The lowest BCUT2D eigenvalue weighted by atomic mass is 9.97. The van der Waals surface area contributed by atoms with Crippen molar-refractivity contribution in [1.29, 1.82) is 0 Å². The summed E-state index contributed by atoms with van der Waals surface area (Å²) in [5.74, 6) is 0. The number of benzene rings is 7. The van der Waals surface area contributed by atoms with Gasteiger partial charge in [0.25, 0.3) is 0 Å². The van der Waals surface area contributed by atoms with Gasteiger partial charge in [0, 0.05) is 47.6 Å². The van der Waals surface area contributed by atoms with Gasteiger partial charge in [0.05, 0.1) is 22.2 Å². The third-order valence-electron chi connectivity index (χ3n) is 9.59. The Kier molecular flexibility index (Phi) is 6.08. The van der Waals surface area contributed by atoms with Crippen LogP contribution in [0.1, 0.15) is 0 Å². The van der Waals surface area contributed by atoms with Crippen molar-refractivity contribution in [2.24, 2.45) is 0 Å². The second-order valence-corrected chi connectivity index (χ2v) is 13.3. The molecule has 0 spiro atoms. The highest BCUT2D eigenvalue weighted by molar-refractivity contribution is 7.27. The summed E-state index contributed by atoms with van der Waals surface area (Å²) in [6.45, 7) is 0. The number of para-hydroxylation sites is 2. The van der Waals surface area contributed by atoms with Crippen LogP contribution < -0.4 is 0 Å². The van der Waals surface area contributed by atoms with E-state index in [2.05, 4.69) is 174 Å². The summed E-state index contributed by atoms with van der Waals surface area (Å²) in [6, 6.07) is 61.1. The van der Waals surface area contributed by atoms with Crippen molar-refractivity contribution in [3.05, 3.63) is 170 Å². The highest BCUT2D eigenvalue weighted by atomic mass is 32.1. The molecule has 0 N–H and O–H groups in total. The number of hydrogen-bond acceptors (Lipinski definition) is 2. The first-order chi connectivity index (χ1) is 23.8. The quantitative estimate of drug-likeness (QED) is 0.190. The second-order valence-electron chi connectivity index (χ2n) is 12.3. The molecular formula is C45H28N2S. The Labute approximate surface area is 281 Å². The van der Waals surface area contributed by atoms with Gasteiger partial charge in [-0.05, 0) is 58.7 Å². The fourth-order valence-electron chi connectivity index (χ4n) is 7.41. The zero-order chi connectivity index (χ0) is 31.6. The van der Waals surface area contributed by atoms with E-state index in [0.29, 0.717) is 0 Å². The summed E-state index contributed by atoms with van der Waals surface area (Å²) in [5.41, 5.74) is 11.6. The largest absolute Gasteiger partial charge is 0.309 e. The van der Waals surface area contributed by atoms with Crippen molar-refractivity contribution in [1.82, 2.24) is 9.55 Å². The van der Waals surface area contributed by atoms with E-state index in [1.54, 1.807) is 0 Å². The molecule has 0 radical (unpaired) electrons. The number of rotatable bonds is 4. The second kappa shape index (κ2) is 10.8. The fourth-order valence-corrected chi connectivity index (χ4v) is 8.79. The van der Waals surface area contributed by atoms with Crippen LogP contribution in [-0.4, -0.2) is 9.55 Å². The Bertz CT molecular complexity index is 2830. The molecule has 224 valence electrons. The Morgan fingerprint density at radius 1 is 0.417 bits per heavy atom. The van der Waals surface area contributed by atoms with Crippen molar-refractivity contribution in [3.63, 3.8) is 0 Å². The first-order valence-electron chi connectivity index (χ1n) is 16.3. The van der Waals surface area contributed by atoms with Crippen LogP contribution in [-0.2, 0) is 0 Å². The minimum atomic E-state index is 1.00. The van der Waals surface area contributed by atoms with Gasteiger partial charge in [-0.15, -0.1) is 11.3 Å². The molecule has 10 rings (SSSR count). The van der Waals surface area contributed by atoms with Gasteiger partial charge < -0.3 is 4.57 Å². The molecule has 10 aromatic rings. The molecule has 0 saturated carbocycles. The van der Waals surface area contributed by atoms with E-state index in [4.69, 9.17) is 4.98 Å². The zero-order valence-corrected chi connectivity index (χ0v) is 26.8. The third kappa shape index (κ3) is 4.15. The summed E-state index contributed by atoms with van der Waals surface area (Å²) < 4.78 is 5.01. The highest BCUT2D eigenvalue weighted by Crippen LogP contribution is 2.46. The Morgan fingerprint density at radius 2 is 1.08 bits per heavy atom. The first kappa shape index (κ1) is 27.1. The lowest BCUT2D eigenvalue weighted by Crippen LogP contribution is -1.94. The topological polar surface area (TPSA) is 17.8 Å². The molecule has 7 aromatic carbocycles. The molecule has 0 aliphatic carbocycles. The monoisotopic (exact) mass is 628 g/mol. The molecule has 3 aromatic heterocycles. The van der Waals surface area contributed by atoms with Crippen molar-refractivity contribution in [2.45, 2.75) is 0 Å². The molecule has 0 bridgehead atoms. The van der Waals surface area contributed by atoms with E-state index in [9.17, 15) is 0 Å². The molecule has 0 atom stereocenters. The van der Waals surface area contributed by atoms with Crippen LogP contribution >= 0.6 is 11.3 Å². The van der Waals surface area contributed by atoms with E-state index in [-0.39, 0.29) is 0 Å². The predicted molar refractivity (Wildman–Crippen MR) is 205 cm³/mol. The summed E-state index contributed by atoms with van der Waals surface area (Å²) in [4.78, 5) is 5.24. The van der Waals surface area contributed by atoms with Crippen LogP contribution in [0.15, 0.2) is 170 Å². The number of pyridine rings is 1. The molecular weight excluding hydrogens is 601 g/mol. The molecule has 0 amide bonds. The average molecular weight is 629 g/mol. The van der Waals surface area contributed by atoms with E-state index < -0.39 is 0 Å². The van der Waals surface area contributed by atoms with Crippen LogP contribution in [0.4, 0.5) is 0 Å². The van der Waals surface area contributed by atoms with Gasteiger partial charge in [-0.2, -0.15) is 0 Å². The number of hydrogen-bond donors (Lipinski definition) is 0. The Balaban J connectivity index is 1.23. The maximum absolute atomic E-state index is 5.24. The molecule has 2 nitrogen and oxygen atoms in total. The maximum Gasteiger partial charge on any atom is 0.0730 e. The minimum Gasteiger partial charge on any atom is -0.309 e. The highest BCUT2D eigenvalue weighted by Gasteiger charge is 2.20. The fraction of sp³-hybridized carbons (Fsp3) is 0. The van der Waals surface area contributed by atoms with E-state index >= 15 is 0 Å². The van der Waals surface area contributed by atoms with Crippen molar-refractivity contribution in [3.8, 4) is 39.2 Å². The number of thiophene rings is 1. The van der Waals surface area contributed by atoms with Gasteiger partial charge >= 0.3 is 0 Å². The number of fused-ring (bicyclic) bond motifs is 8. The molecule has 0 unspecified atom stereocenters.